The number of hydrogen-bond donors (Lipinski definition) is 0. The van der Waals surface area contributed by atoms with E-state index in [9.17, 15) is 0 Å². The number of pyridine rings is 2. The highest BCUT2D eigenvalue weighted by atomic mass is 33.1. The lowest BCUT2D eigenvalue weighted by atomic mass is 10.2. The third kappa shape index (κ3) is 4.82. The van der Waals surface area contributed by atoms with Crippen LogP contribution in [0.4, 0.5) is 0 Å². The smallest absolute Gasteiger partial charge is 0.121 e. The van der Waals surface area contributed by atoms with E-state index in [4.69, 9.17) is 9.47 Å². The molecule has 30 heavy (non-hydrogen) atoms. The van der Waals surface area contributed by atoms with Crippen LogP contribution in [0.5, 0.6) is 11.5 Å². The second-order valence-corrected chi connectivity index (χ2v) is 9.69. The molecule has 0 bridgehead atoms. The van der Waals surface area contributed by atoms with Crippen molar-refractivity contribution in [2.75, 3.05) is 0 Å². The fraction of sp³-hybridized carbons (Fsp3) is 0.250. The van der Waals surface area contributed by atoms with Gasteiger partial charge in [-0.25, -0.2) is 0 Å². The van der Waals surface area contributed by atoms with E-state index in [1.54, 1.807) is 21.6 Å². The minimum Gasteiger partial charge on any atom is -0.491 e. The molecule has 0 N–H and O–H groups in total. The summed E-state index contributed by atoms with van der Waals surface area (Å²) in [5.74, 6) is 1.69. The monoisotopic (exact) mass is 436 g/mol. The highest BCUT2D eigenvalue weighted by molar-refractivity contribution is 8.76. The molecule has 0 atom stereocenters. The zero-order chi connectivity index (χ0) is 21.1. The molecule has 2 heterocycles. The maximum atomic E-state index is 5.80. The SMILES string of the molecule is CC(C)Oc1ccc2c(SSc3ccnc4cc(OC(C)C)ccc34)ccnc2c1. The van der Waals surface area contributed by atoms with Gasteiger partial charge < -0.3 is 9.47 Å². The standard InChI is InChI=1S/C24H24N2O2S2/c1-15(2)27-17-5-7-19-21(13-17)25-11-9-23(19)29-30-24-10-12-26-22-14-18(28-16(3)4)6-8-20(22)24/h5-16H,1-4H3. The first-order valence-corrected chi connectivity index (χ1v) is 12.1. The lowest BCUT2D eigenvalue weighted by Gasteiger charge is -2.12. The molecule has 0 aliphatic rings. The van der Waals surface area contributed by atoms with Crippen LogP contribution < -0.4 is 9.47 Å². The first kappa shape index (κ1) is 20.8. The number of rotatable bonds is 7. The van der Waals surface area contributed by atoms with E-state index >= 15 is 0 Å². The van der Waals surface area contributed by atoms with Crippen LogP contribution >= 0.6 is 21.6 Å². The number of aromatic nitrogens is 2. The third-order valence-corrected chi connectivity index (χ3v) is 6.79. The summed E-state index contributed by atoms with van der Waals surface area (Å²) in [6, 6.07) is 16.3. The quantitative estimate of drug-likeness (QED) is 0.286. The first-order chi connectivity index (χ1) is 14.5. The number of benzene rings is 2. The van der Waals surface area contributed by atoms with Crippen LogP contribution in [-0.4, -0.2) is 22.2 Å². The van der Waals surface area contributed by atoms with Gasteiger partial charge in [-0.3, -0.25) is 9.97 Å². The molecule has 2 aromatic carbocycles. The van der Waals surface area contributed by atoms with E-state index < -0.39 is 0 Å². The molecule has 6 heteroatoms. The van der Waals surface area contributed by atoms with Gasteiger partial charge in [-0.15, -0.1) is 0 Å². The zero-order valence-electron chi connectivity index (χ0n) is 17.5. The number of ether oxygens (including phenoxy) is 2. The van der Waals surface area contributed by atoms with E-state index in [0.29, 0.717) is 0 Å². The van der Waals surface area contributed by atoms with Crippen molar-refractivity contribution in [1.82, 2.24) is 9.97 Å². The topological polar surface area (TPSA) is 44.2 Å². The molecule has 4 rings (SSSR count). The van der Waals surface area contributed by atoms with Crippen LogP contribution in [-0.2, 0) is 0 Å². The summed E-state index contributed by atoms with van der Waals surface area (Å²) in [5, 5.41) is 2.24. The number of fused-ring (bicyclic) bond motifs is 2. The summed E-state index contributed by atoms with van der Waals surface area (Å²) in [5.41, 5.74) is 1.88. The van der Waals surface area contributed by atoms with E-state index in [0.717, 1.165) is 33.3 Å². The summed E-state index contributed by atoms with van der Waals surface area (Å²) in [7, 11) is 3.46. The Balaban J connectivity index is 1.58. The largest absolute Gasteiger partial charge is 0.491 e. The van der Waals surface area contributed by atoms with Gasteiger partial charge in [0.2, 0.25) is 0 Å². The second kappa shape index (κ2) is 9.14. The van der Waals surface area contributed by atoms with Crippen molar-refractivity contribution in [2.24, 2.45) is 0 Å². The van der Waals surface area contributed by atoms with Gasteiger partial charge in [0.05, 0.1) is 23.2 Å². The highest BCUT2D eigenvalue weighted by Crippen LogP contribution is 2.43. The Kier molecular flexibility index (Phi) is 6.35. The Bertz CT molecular complexity index is 1090. The van der Waals surface area contributed by atoms with Gasteiger partial charge in [-0.2, -0.15) is 0 Å². The van der Waals surface area contributed by atoms with Gasteiger partial charge in [0, 0.05) is 45.1 Å². The molecule has 0 radical (unpaired) electrons. The molecule has 0 saturated heterocycles. The van der Waals surface area contributed by atoms with Crippen LogP contribution in [0, 0.1) is 0 Å². The Labute approximate surface area is 184 Å². The Morgan fingerprint density at radius 3 is 1.47 bits per heavy atom. The summed E-state index contributed by atoms with van der Waals surface area (Å²) >= 11 is 0. The van der Waals surface area contributed by atoms with E-state index in [2.05, 4.69) is 34.2 Å². The van der Waals surface area contributed by atoms with Gasteiger partial charge in [0.25, 0.3) is 0 Å². The van der Waals surface area contributed by atoms with Crippen LogP contribution in [0.25, 0.3) is 21.8 Å². The number of hydrogen-bond acceptors (Lipinski definition) is 6. The third-order valence-electron chi connectivity index (χ3n) is 4.31. The maximum absolute atomic E-state index is 5.80. The minimum atomic E-state index is 0.141. The molecule has 0 spiro atoms. The van der Waals surface area contributed by atoms with Crippen LogP contribution in [0.3, 0.4) is 0 Å². The van der Waals surface area contributed by atoms with Gasteiger partial charge >= 0.3 is 0 Å². The molecule has 0 unspecified atom stereocenters. The van der Waals surface area contributed by atoms with Gasteiger partial charge in [0.1, 0.15) is 11.5 Å². The minimum absolute atomic E-state index is 0.141. The predicted molar refractivity (Wildman–Crippen MR) is 127 cm³/mol. The highest BCUT2D eigenvalue weighted by Gasteiger charge is 2.10. The lowest BCUT2D eigenvalue weighted by molar-refractivity contribution is 0.242. The first-order valence-electron chi connectivity index (χ1n) is 9.95. The fourth-order valence-electron chi connectivity index (χ4n) is 3.13. The van der Waals surface area contributed by atoms with E-state index in [-0.39, 0.29) is 12.2 Å². The normalized spacial score (nSPS) is 11.5. The van der Waals surface area contributed by atoms with Crippen molar-refractivity contribution in [3.63, 3.8) is 0 Å². The molecule has 4 nitrogen and oxygen atoms in total. The van der Waals surface area contributed by atoms with Crippen molar-refractivity contribution in [3.05, 3.63) is 60.9 Å². The Morgan fingerprint density at radius 2 is 1.07 bits per heavy atom. The van der Waals surface area contributed by atoms with Crippen LogP contribution in [0.1, 0.15) is 27.7 Å². The summed E-state index contributed by atoms with van der Waals surface area (Å²) in [6.45, 7) is 8.10. The van der Waals surface area contributed by atoms with E-state index in [1.165, 1.54) is 9.79 Å². The second-order valence-electron chi connectivity index (χ2n) is 7.48. The fourth-order valence-corrected chi connectivity index (χ4v) is 5.48. The molecule has 4 aromatic rings. The summed E-state index contributed by atoms with van der Waals surface area (Å²) in [4.78, 5) is 11.4. The predicted octanol–water partition coefficient (Wildman–Crippen LogP) is 7.16. The molecular weight excluding hydrogens is 412 g/mol. The zero-order valence-corrected chi connectivity index (χ0v) is 19.1. The average Bonchev–Trinajstić information content (AvgIpc) is 2.71. The van der Waals surface area contributed by atoms with Crippen molar-refractivity contribution in [1.29, 1.82) is 0 Å². The summed E-state index contributed by atoms with van der Waals surface area (Å²) in [6.07, 6.45) is 3.98. The van der Waals surface area contributed by atoms with Crippen molar-refractivity contribution < 1.29 is 9.47 Å². The Morgan fingerprint density at radius 1 is 0.633 bits per heavy atom. The molecule has 0 aliphatic heterocycles. The molecule has 0 amide bonds. The molecule has 154 valence electrons. The van der Waals surface area contributed by atoms with Gasteiger partial charge in [0.15, 0.2) is 0 Å². The molecular formula is C24H24N2O2S2. The molecule has 0 aliphatic carbocycles. The van der Waals surface area contributed by atoms with Gasteiger partial charge in [-0.1, -0.05) is 21.6 Å². The van der Waals surface area contributed by atoms with Crippen molar-refractivity contribution in [3.8, 4) is 11.5 Å². The average molecular weight is 437 g/mol. The Hall–Kier alpha value is -2.44. The maximum Gasteiger partial charge on any atom is 0.121 e. The van der Waals surface area contributed by atoms with Gasteiger partial charge in [-0.05, 0) is 64.1 Å². The molecule has 2 aromatic heterocycles. The lowest BCUT2D eigenvalue weighted by Crippen LogP contribution is -2.05. The van der Waals surface area contributed by atoms with Crippen LogP contribution in [0.15, 0.2) is 70.7 Å². The van der Waals surface area contributed by atoms with Crippen molar-refractivity contribution in [2.45, 2.75) is 49.7 Å². The van der Waals surface area contributed by atoms with E-state index in [1.807, 2.05) is 64.4 Å². The molecule has 0 fully saturated rings. The molecule has 0 saturated carbocycles. The van der Waals surface area contributed by atoms with Crippen molar-refractivity contribution >= 4 is 43.4 Å². The summed E-state index contributed by atoms with van der Waals surface area (Å²) < 4.78 is 11.6. The van der Waals surface area contributed by atoms with Crippen LogP contribution in [0.2, 0.25) is 0 Å². The number of nitrogens with zero attached hydrogens (tertiary/aromatic N) is 2.